The summed E-state index contributed by atoms with van der Waals surface area (Å²) in [4.78, 5) is 16.0. The minimum Gasteiger partial charge on any atom is -0.465 e. The molecule has 0 saturated heterocycles. The van der Waals surface area contributed by atoms with E-state index in [2.05, 4.69) is 10.3 Å². The molecule has 0 spiro atoms. The zero-order chi connectivity index (χ0) is 13.9. The predicted molar refractivity (Wildman–Crippen MR) is 76.3 cm³/mol. The second-order valence-electron chi connectivity index (χ2n) is 4.26. The molecule has 100 valence electrons. The van der Waals surface area contributed by atoms with E-state index in [-0.39, 0.29) is 5.97 Å². The molecule has 1 N–H and O–H groups in total. The summed E-state index contributed by atoms with van der Waals surface area (Å²) in [5.41, 5.74) is 2.24. The quantitative estimate of drug-likeness (QED) is 0.741. The number of rotatable bonds is 3. The third-order valence-corrected chi connectivity index (χ3v) is 3.02. The fourth-order valence-electron chi connectivity index (χ4n) is 2.07. The number of para-hydroxylation sites is 1. The number of esters is 1. The highest BCUT2D eigenvalue weighted by molar-refractivity contribution is 5.98. The van der Waals surface area contributed by atoms with E-state index in [1.54, 1.807) is 18.6 Å². The van der Waals surface area contributed by atoms with E-state index in [9.17, 15) is 4.79 Å². The Kier molecular flexibility index (Phi) is 3.09. The van der Waals surface area contributed by atoms with Crippen molar-refractivity contribution in [2.75, 3.05) is 12.4 Å². The summed E-state index contributed by atoms with van der Waals surface area (Å²) in [6, 6.07) is 13.3. The van der Waals surface area contributed by atoms with Gasteiger partial charge >= 0.3 is 5.97 Å². The summed E-state index contributed by atoms with van der Waals surface area (Å²) >= 11 is 0. The molecule has 3 rings (SSSR count). The molecule has 0 unspecified atom stereocenters. The molecule has 0 aliphatic carbocycles. The Bertz CT molecular complexity index is 750. The first-order chi connectivity index (χ1) is 9.79. The number of nitrogens with zero attached hydrogens (tertiary/aromatic N) is 2. The van der Waals surface area contributed by atoms with Crippen LogP contribution < -0.4 is 5.32 Å². The number of ether oxygens (including phenoxy) is 1. The molecule has 3 aromatic rings. The minimum atomic E-state index is -0.382. The maximum Gasteiger partial charge on any atom is 0.341 e. The van der Waals surface area contributed by atoms with Gasteiger partial charge in [-0.1, -0.05) is 18.2 Å². The number of anilines is 2. The number of aromatic nitrogens is 2. The number of carbonyl (C=O) groups is 1. The van der Waals surface area contributed by atoms with E-state index >= 15 is 0 Å². The highest BCUT2D eigenvalue weighted by Crippen LogP contribution is 2.25. The Morgan fingerprint density at radius 3 is 2.80 bits per heavy atom. The lowest BCUT2D eigenvalue weighted by atomic mass is 10.2. The van der Waals surface area contributed by atoms with E-state index in [0.717, 1.165) is 11.2 Å². The first kappa shape index (κ1) is 12.2. The van der Waals surface area contributed by atoms with Crippen LogP contribution in [0, 0.1) is 0 Å². The average Bonchev–Trinajstić information content (AvgIpc) is 2.86. The van der Waals surface area contributed by atoms with E-state index in [4.69, 9.17) is 4.74 Å². The van der Waals surface area contributed by atoms with Crippen LogP contribution in [0.15, 0.2) is 55.0 Å². The number of benzene rings is 1. The van der Waals surface area contributed by atoms with Crippen molar-refractivity contribution in [1.29, 1.82) is 0 Å². The van der Waals surface area contributed by atoms with Crippen LogP contribution in [0.1, 0.15) is 10.4 Å². The largest absolute Gasteiger partial charge is 0.465 e. The van der Waals surface area contributed by atoms with Crippen molar-refractivity contribution >= 4 is 23.0 Å². The van der Waals surface area contributed by atoms with Gasteiger partial charge in [0.2, 0.25) is 0 Å². The lowest BCUT2D eigenvalue weighted by Crippen LogP contribution is -2.05. The number of nitrogens with one attached hydrogen (secondary N) is 1. The summed E-state index contributed by atoms with van der Waals surface area (Å²) in [6.07, 6.45) is 3.34. The van der Waals surface area contributed by atoms with Gasteiger partial charge < -0.3 is 10.1 Å². The number of carbonyl (C=O) groups excluding carboxylic acids is 1. The van der Waals surface area contributed by atoms with Crippen molar-refractivity contribution in [3.63, 3.8) is 0 Å². The molecule has 5 nitrogen and oxygen atoms in total. The summed E-state index contributed by atoms with van der Waals surface area (Å²) in [5, 5.41) is 3.23. The van der Waals surface area contributed by atoms with Gasteiger partial charge in [-0.3, -0.25) is 4.40 Å². The molecule has 2 heterocycles. The molecule has 5 heteroatoms. The van der Waals surface area contributed by atoms with Gasteiger partial charge in [-0.05, 0) is 24.3 Å². The van der Waals surface area contributed by atoms with Gasteiger partial charge in [0, 0.05) is 11.9 Å². The second-order valence-corrected chi connectivity index (χ2v) is 4.26. The first-order valence-electron chi connectivity index (χ1n) is 6.15. The van der Waals surface area contributed by atoms with Crippen LogP contribution in [0.2, 0.25) is 0 Å². The van der Waals surface area contributed by atoms with E-state index in [1.165, 1.54) is 7.11 Å². The molecule has 2 aromatic heterocycles. The minimum absolute atomic E-state index is 0.382. The average molecular weight is 267 g/mol. The van der Waals surface area contributed by atoms with Gasteiger partial charge in [-0.15, -0.1) is 0 Å². The van der Waals surface area contributed by atoms with Crippen molar-refractivity contribution in [2.45, 2.75) is 0 Å². The van der Waals surface area contributed by atoms with Crippen LogP contribution in [-0.4, -0.2) is 22.5 Å². The number of fused-ring (bicyclic) bond motifs is 1. The Labute approximate surface area is 115 Å². The van der Waals surface area contributed by atoms with Crippen LogP contribution >= 0.6 is 0 Å². The molecule has 0 aliphatic heterocycles. The van der Waals surface area contributed by atoms with Gasteiger partial charge in [0.25, 0.3) is 0 Å². The Morgan fingerprint density at radius 2 is 2.05 bits per heavy atom. The van der Waals surface area contributed by atoms with Crippen molar-refractivity contribution in [3.05, 3.63) is 60.6 Å². The van der Waals surface area contributed by atoms with Gasteiger partial charge in [0.1, 0.15) is 17.7 Å². The SMILES string of the molecule is COC(=O)c1cc2ccncn2c1Nc1ccccc1. The zero-order valence-corrected chi connectivity index (χ0v) is 10.9. The molecule has 0 bridgehead atoms. The summed E-state index contributed by atoms with van der Waals surface area (Å²) in [5.74, 6) is 0.262. The Morgan fingerprint density at radius 1 is 1.25 bits per heavy atom. The van der Waals surface area contributed by atoms with Gasteiger partial charge in [-0.2, -0.15) is 0 Å². The molecule has 0 aliphatic rings. The zero-order valence-electron chi connectivity index (χ0n) is 10.9. The summed E-state index contributed by atoms with van der Waals surface area (Å²) in [7, 11) is 1.37. The Hall–Kier alpha value is -2.82. The normalized spacial score (nSPS) is 10.4. The molecular formula is C15H13N3O2. The number of hydrogen-bond donors (Lipinski definition) is 1. The topological polar surface area (TPSA) is 55.6 Å². The lowest BCUT2D eigenvalue weighted by Gasteiger charge is -2.08. The molecule has 0 fully saturated rings. The molecule has 1 aromatic carbocycles. The molecule has 0 saturated carbocycles. The smallest absolute Gasteiger partial charge is 0.341 e. The molecule has 20 heavy (non-hydrogen) atoms. The highest BCUT2D eigenvalue weighted by Gasteiger charge is 2.17. The summed E-state index contributed by atoms with van der Waals surface area (Å²) < 4.78 is 6.65. The number of hydrogen-bond acceptors (Lipinski definition) is 4. The van der Waals surface area contributed by atoms with Crippen LogP contribution in [-0.2, 0) is 4.74 Å². The molecular weight excluding hydrogens is 254 g/mol. The fourth-order valence-corrected chi connectivity index (χ4v) is 2.07. The molecule has 0 amide bonds. The van der Waals surface area contributed by atoms with Gasteiger partial charge in [-0.25, -0.2) is 9.78 Å². The number of methoxy groups -OCH3 is 1. The second kappa shape index (κ2) is 5.05. The van der Waals surface area contributed by atoms with E-state index < -0.39 is 0 Å². The highest BCUT2D eigenvalue weighted by atomic mass is 16.5. The molecule has 0 radical (unpaired) electrons. The van der Waals surface area contributed by atoms with Crippen LogP contribution in [0.5, 0.6) is 0 Å². The van der Waals surface area contributed by atoms with Crippen LogP contribution in [0.25, 0.3) is 5.52 Å². The maximum atomic E-state index is 11.9. The monoisotopic (exact) mass is 267 g/mol. The Balaban J connectivity index is 2.13. The fraction of sp³-hybridized carbons (Fsp3) is 0.0667. The van der Waals surface area contributed by atoms with Crippen molar-refractivity contribution in [1.82, 2.24) is 9.38 Å². The van der Waals surface area contributed by atoms with Crippen LogP contribution in [0.4, 0.5) is 11.5 Å². The lowest BCUT2D eigenvalue weighted by molar-refractivity contribution is 0.0602. The van der Waals surface area contributed by atoms with E-state index in [0.29, 0.717) is 11.4 Å². The third kappa shape index (κ3) is 2.09. The van der Waals surface area contributed by atoms with Crippen molar-refractivity contribution in [2.24, 2.45) is 0 Å². The predicted octanol–water partition coefficient (Wildman–Crippen LogP) is 2.86. The van der Waals surface area contributed by atoms with Gasteiger partial charge in [0.15, 0.2) is 0 Å². The summed E-state index contributed by atoms with van der Waals surface area (Å²) in [6.45, 7) is 0. The van der Waals surface area contributed by atoms with E-state index in [1.807, 2.05) is 40.8 Å². The third-order valence-electron chi connectivity index (χ3n) is 3.02. The first-order valence-corrected chi connectivity index (χ1v) is 6.15. The molecule has 0 atom stereocenters. The van der Waals surface area contributed by atoms with Crippen molar-refractivity contribution in [3.8, 4) is 0 Å². The maximum absolute atomic E-state index is 11.9. The van der Waals surface area contributed by atoms with Crippen LogP contribution in [0.3, 0.4) is 0 Å². The standard InChI is InChI=1S/C15H13N3O2/c1-20-15(19)13-9-12-7-8-16-10-18(12)14(13)17-11-5-3-2-4-6-11/h2-10,17H,1H3. The van der Waals surface area contributed by atoms with Gasteiger partial charge in [0.05, 0.1) is 12.6 Å². The van der Waals surface area contributed by atoms with Crippen molar-refractivity contribution < 1.29 is 9.53 Å².